The van der Waals surface area contributed by atoms with Crippen molar-refractivity contribution in [1.29, 1.82) is 0 Å². The maximum Gasteiger partial charge on any atom is 0.414 e. The minimum atomic E-state index is -0.816. The Balaban J connectivity index is 1.71. The van der Waals surface area contributed by atoms with E-state index in [-0.39, 0.29) is 18.6 Å². The lowest BCUT2D eigenvalue weighted by molar-refractivity contribution is -0.159. The predicted octanol–water partition coefficient (Wildman–Crippen LogP) is 2.46. The van der Waals surface area contributed by atoms with Crippen LogP contribution in [0.3, 0.4) is 0 Å². The number of hydrogen-bond donors (Lipinski definition) is 2. The van der Waals surface area contributed by atoms with Crippen LogP contribution in [0.25, 0.3) is 0 Å². The average Bonchev–Trinajstić information content (AvgIpc) is 3.30. The fourth-order valence-corrected chi connectivity index (χ4v) is 5.07. The quantitative estimate of drug-likeness (QED) is 0.342. The first-order valence-electron chi connectivity index (χ1n) is 11.4. The Kier molecular flexibility index (Phi) is 7.56. The molecule has 4 amide bonds. The zero-order chi connectivity index (χ0) is 22.6. The molecule has 31 heavy (non-hydrogen) atoms. The van der Waals surface area contributed by atoms with Crippen molar-refractivity contribution in [3.63, 3.8) is 0 Å². The molecule has 174 valence electrons. The van der Waals surface area contributed by atoms with Crippen molar-refractivity contribution in [1.82, 2.24) is 15.3 Å². The van der Waals surface area contributed by atoms with E-state index in [1.54, 1.807) is 0 Å². The summed E-state index contributed by atoms with van der Waals surface area (Å²) in [7, 11) is 0. The van der Waals surface area contributed by atoms with Gasteiger partial charge in [0.1, 0.15) is 12.1 Å². The van der Waals surface area contributed by atoms with Crippen molar-refractivity contribution in [3.05, 3.63) is 0 Å². The van der Waals surface area contributed by atoms with E-state index >= 15 is 0 Å². The summed E-state index contributed by atoms with van der Waals surface area (Å²) in [4.78, 5) is 51.1. The number of ether oxygens (including phenoxy) is 1. The predicted molar refractivity (Wildman–Crippen MR) is 111 cm³/mol. The Morgan fingerprint density at radius 2 is 1.87 bits per heavy atom. The minimum Gasteiger partial charge on any atom is -0.446 e. The van der Waals surface area contributed by atoms with Crippen molar-refractivity contribution in [3.8, 4) is 0 Å². The van der Waals surface area contributed by atoms with Crippen molar-refractivity contribution in [2.24, 2.45) is 17.3 Å². The van der Waals surface area contributed by atoms with Gasteiger partial charge in [-0.05, 0) is 43.4 Å². The highest BCUT2D eigenvalue weighted by Gasteiger charge is 2.49. The monoisotopic (exact) mass is 437 g/mol. The number of nitrogens with zero attached hydrogens (tertiary/aromatic N) is 2. The molecule has 0 aromatic carbocycles. The van der Waals surface area contributed by atoms with E-state index in [0.717, 1.165) is 44.9 Å². The number of imide groups is 1. The Hall–Kier alpha value is -2.16. The number of hydroxylamine groups is 2. The number of hydrogen-bond acceptors (Lipinski definition) is 6. The molecule has 2 N–H and O–H groups in total. The molecule has 0 aromatic rings. The molecule has 0 spiro atoms. The largest absolute Gasteiger partial charge is 0.446 e. The number of amides is 4. The van der Waals surface area contributed by atoms with Crippen molar-refractivity contribution in [2.45, 2.75) is 83.8 Å². The smallest absolute Gasteiger partial charge is 0.414 e. The zero-order valence-electron chi connectivity index (χ0n) is 18.5. The molecule has 1 saturated heterocycles. The highest BCUT2D eigenvalue weighted by molar-refractivity contribution is 5.98. The van der Waals surface area contributed by atoms with Gasteiger partial charge in [-0.15, -0.1) is 0 Å². The number of carbonyl (C=O) groups is 4. The molecule has 0 aromatic heterocycles. The lowest BCUT2D eigenvalue weighted by atomic mass is 9.83. The third-order valence-electron chi connectivity index (χ3n) is 7.10. The summed E-state index contributed by atoms with van der Waals surface area (Å²) in [6, 6.07) is -0.816. The third kappa shape index (κ3) is 5.75. The highest BCUT2D eigenvalue weighted by Crippen LogP contribution is 2.38. The lowest BCUT2D eigenvalue weighted by Gasteiger charge is -2.34. The molecular formula is C22H35N3O6. The van der Waals surface area contributed by atoms with E-state index in [9.17, 15) is 24.4 Å². The molecule has 0 radical (unpaired) electrons. The summed E-state index contributed by atoms with van der Waals surface area (Å²) in [5.74, 6) is -1.03. The Bertz CT molecular complexity index is 687. The fourth-order valence-electron chi connectivity index (χ4n) is 5.07. The summed E-state index contributed by atoms with van der Waals surface area (Å²) >= 11 is 0. The molecule has 1 aliphatic heterocycles. The van der Waals surface area contributed by atoms with E-state index in [4.69, 9.17) is 4.74 Å². The van der Waals surface area contributed by atoms with Crippen LogP contribution >= 0.6 is 0 Å². The maximum atomic E-state index is 13.5. The number of carbonyl (C=O) groups excluding carboxylic acids is 4. The van der Waals surface area contributed by atoms with Crippen LogP contribution in [0, 0.1) is 17.3 Å². The van der Waals surface area contributed by atoms with Gasteiger partial charge in [0.05, 0.1) is 12.5 Å². The first-order chi connectivity index (χ1) is 14.7. The Morgan fingerprint density at radius 3 is 2.45 bits per heavy atom. The summed E-state index contributed by atoms with van der Waals surface area (Å²) in [5.41, 5.74) is -0.516. The van der Waals surface area contributed by atoms with Crippen molar-refractivity contribution in [2.75, 3.05) is 13.1 Å². The summed E-state index contributed by atoms with van der Waals surface area (Å²) in [5, 5.41) is 12.6. The molecule has 3 fully saturated rings. The highest BCUT2D eigenvalue weighted by atomic mass is 16.6. The molecule has 3 rings (SSSR count). The number of nitrogens with one attached hydrogen (secondary N) is 1. The maximum absolute atomic E-state index is 13.5. The van der Waals surface area contributed by atoms with Crippen LogP contribution in [0.15, 0.2) is 0 Å². The fraction of sp³-hybridized carbons (Fsp3) is 0.818. The molecule has 2 aliphatic carbocycles. The van der Waals surface area contributed by atoms with Crippen LogP contribution < -0.4 is 5.32 Å². The third-order valence-corrected chi connectivity index (χ3v) is 7.10. The first kappa shape index (κ1) is 23.5. The van der Waals surface area contributed by atoms with E-state index in [0.29, 0.717) is 36.8 Å². The number of rotatable bonds is 8. The lowest BCUT2D eigenvalue weighted by Crippen LogP contribution is -2.54. The van der Waals surface area contributed by atoms with Gasteiger partial charge < -0.3 is 9.64 Å². The molecule has 0 unspecified atom stereocenters. The van der Waals surface area contributed by atoms with Gasteiger partial charge in [0.15, 0.2) is 0 Å². The molecule has 2 saturated carbocycles. The van der Waals surface area contributed by atoms with Crippen LogP contribution in [0.1, 0.15) is 71.6 Å². The van der Waals surface area contributed by atoms with Gasteiger partial charge in [-0.1, -0.05) is 39.5 Å². The molecular weight excluding hydrogens is 402 g/mol. The summed E-state index contributed by atoms with van der Waals surface area (Å²) in [6.45, 7) is 4.08. The second kappa shape index (κ2) is 9.97. The van der Waals surface area contributed by atoms with Crippen molar-refractivity contribution >= 4 is 24.3 Å². The molecule has 0 bridgehead atoms. The van der Waals surface area contributed by atoms with Gasteiger partial charge in [0, 0.05) is 6.54 Å². The van der Waals surface area contributed by atoms with Gasteiger partial charge in [-0.3, -0.25) is 24.9 Å². The molecule has 1 heterocycles. The minimum absolute atomic E-state index is 0.103. The topological polar surface area (TPSA) is 116 Å². The molecule has 2 atom stereocenters. The van der Waals surface area contributed by atoms with Crippen LogP contribution in [-0.4, -0.2) is 64.7 Å². The van der Waals surface area contributed by atoms with E-state index < -0.39 is 29.4 Å². The normalized spacial score (nSPS) is 24.4. The number of likely N-dealkylation sites (tertiary alicyclic amines) is 1. The SMILES string of the molecule is CC1(C)CCN(C(=O)[C@H](CC2CCCC2)CN(O)C=O)[C@@H]1C(=O)NC(=O)OC1CCC1. The standard InChI is InChI=1S/C22H35N3O6/c1-22(2)10-11-25(18(22)19(27)23-21(29)31-17-8-5-9-17)20(28)16(13-24(30)14-26)12-15-6-3-4-7-15/h14-18,30H,3-13H2,1-2H3,(H,23,27,29)/t16-,18-/m1/s1. The number of alkyl carbamates (subject to hydrolysis) is 1. The van der Waals surface area contributed by atoms with Crippen molar-refractivity contribution < 1.29 is 29.1 Å². The van der Waals surface area contributed by atoms with Crippen LogP contribution in [0.4, 0.5) is 4.79 Å². The second-order valence-electron chi connectivity index (χ2n) is 9.93. The molecule has 9 nitrogen and oxygen atoms in total. The molecule has 9 heteroatoms. The second-order valence-corrected chi connectivity index (χ2v) is 9.93. The van der Waals surface area contributed by atoms with Gasteiger partial charge in [-0.2, -0.15) is 0 Å². The summed E-state index contributed by atoms with van der Waals surface area (Å²) < 4.78 is 5.23. The van der Waals surface area contributed by atoms with Crippen LogP contribution in [0.2, 0.25) is 0 Å². The summed E-state index contributed by atoms with van der Waals surface area (Å²) in [6.07, 6.45) is 7.47. The van der Waals surface area contributed by atoms with Gasteiger partial charge in [0.25, 0.3) is 5.91 Å². The Morgan fingerprint density at radius 1 is 1.19 bits per heavy atom. The van der Waals surface area contributed by atoms with Gasteiger partial charge >= 0.3 is 6.09 Å². The molecule has 3 aliphatic rings. The van der Waals surface area contributed by atoms with Crippen LogP contribution in [0.5, 0.6) is 0 Å². The zero-order valence-corrected chi connectivity index (χ0v) is 18.5. The van der Waals surface area contributed by atoms with E-state index in [1.807, 2.05) is 13.8 Å². The first-order valence-corrected chi connectivity index (χ1v) is 11.4. The average molecular weight is 438 g/mol. The van der Waals surface area contributed by atoms with E-state index in [1.165, 1.54) is 4.90 Å². The Labute approximate surface area is 183 Å². The van der Waals surface area contributed by atoms with Gasteiger partial charge in [0.2, 0.25) is 12.3 Å². The van der Waals surface area contributed by atoms with E-state index in [2.05, 4.69) is 5.32 Å². The van der Waals surface area contributed by atoms with Crippen LogP contribution in [-0.2, 0) is 19.1 Å². The van der Waals surface area contributed by atoms with Gasteiger partial charge in [-0.25, -0.2) is 9.86 Å².